The first kappa shape index (κ1) is 20.7. The lowest BCUT2D eigenvalue weighted by atomic mass is 9.98. The van der Waals surface area contributed by atoms with Gasteiger partial charge in [-0.2, -0.15) is 0 Å². The Hall–Kier alpha value is -2.57. The quantitative estimate of drug-likeness (QED) is 0.622. The number of carbonyl (C=O) groups excluding carboxylic acids is 1. The number of ether oxygens (including phenoxy) is 1. The Kier molecular flexibility index (Phi) is 6.82. The van der Waals surface area contributed by atoms with Crippen LogP contribution in [-0.4, -0.2) is 39.7 Å². The number of aliphatic hydroxyl groups is 2. The number of phenolic OH excluding ortho intramolecular Hbond substituents is 1. The van der Waals surface area contributed by atoms with Crippen LogP contribution in [-0.2, 0) is 4.74 Å². The van der Waals surface area contributed by atoms with E-state index in [1.165, 1.54) is 0 Å². The molecule has 0 spiro atoms. The average molecular weight is 373 g/mol. The van der Waals surface area contributed by atoms with Gasteiger partial charge in [-0.05, 0) is 56.0 Å². The molecule has 4 N–H and O–H groups in total. The number of phenols is 1. The van der Waals surface area contributed by atoms with Crippen LogP contribution in [0.3, 0.4) is 0 Å². The molecule has 0 aromatic heterocycles. The molecule has 6 heteroatoms. The fraction of sp³-hybridized carbons (Fsp3) is 0.381. The molecule has 0 fully saturated rings. The second-order valence-electron chi connectivity index (χ2n) is 7.40. The van der Waals surface area contributed by atoms with E-state index in [4.69, 9.17) is 4.74 Å². The minimum Gasteiger partial charge on any atom is -0.508 e. The number of rotatable bonds is 6. The van der Waals surface area contributed by atoms with Gasteiger partial charge in [0.25, 0.3) is 0 Å². The van der Waals surface area contributed by atoms with Crippen molar-refractivity contribution in [2.24, 2.45) is 0 Å². The van der Waals surface area contributed by atoms with Gasteiger partial charge in [0.2, 0.25) is 0 Å². The average Bonchev–Trinajstić information content (AvgIpc) is 2.60. The molecule has 2 atom stereocenters. The summed E-state index contributed by atoms with van der Waals surface area (Å²) in [7, 11) is 0. The van der Waals surface area contributed by atoms with E-state index in [0.717, 1.165) is 11.1 Å². The molecule has 0 saturated carbocycles. The van der Waals surface area contributed by atoms with E-state index in [9.17, 15) is 20.1 Å². The standard InChI is InChI=1S/C21H27NO5/c1-21(2,3)27-20(26)22-13-12-18(24)19(25)16-6-4-14(5-7-16)15-8-10-17(23)11-9-15/h4-11,18-19,23-25H,12-13H2,1-3H3,(H,22,26). The highest BCUT2D eigenvalue weighted by atomic mass is 16.6. The Bertz CT molecular complexity index is 735. The Morgan fingerprint density at radius 1 is 1.00 bits per heavy atom. The molecule has 1 amide bonds. The highest BCUT2D eigenvalue weighted by molar-refractivity contribution is 5.67. The van der Waals surface area contributed by atoms with Crippen molar-refractivity contribution < 1.29 is 24.9 Å². The molecule has 2 aromatic carbocycles. The van der Waals surface area contributed by atoms with E-state index in [0.29, 0.717) is 5.56 Å². The molecule has 27 heavy (non-hydrogen) atoms. The van der Waals surface area contributed by atoms with Gasteiger partial charge in [0, 0.05) is 6.54 Å². The van der Waals surface area contributed by atoms with Crippen molar-refractivity contribution in [2.45, 2.75) is 45.0 Å². The summed E-state index contributed by atoms with van der Waals surface area (Å²) in [6.45, 7) is 5.51. The lowest BCUT2D eigenvalue weighted by Gasteiger charge is -2.21. The molecular weight excluding hydrogens is 346 g/mol. The summed E-state index contributed by atoms with van der Waals surface area (Å²) in [6.07, 6.45) is -2.43. The smallest absolute Gasteiger partial charge is 0.407 e. The highest BCUT2D eigenvalue weighted by Crippen LogP contribution is 2.25. The van der Waals surface area contributed by atoms with Gasteiger partial charge in [-0.1, -0.05) is 36.4 Å². The lowest BCUT2D eigenvalue weighted by Crippen LogP contribution is -2.34. The Balaban J connectivity index is 1.88. The zero-order chi connectivity index (χ0) is 20.0. The summed E-state index contributed by atoms with van der Waals surface area (Å²) in [6, 6.07) is 14.0. The van der Waals surface area contributed by atoms with Crippen LogP contribution >= 0.6 is 0 Å². The molecule has 0 saturated heterocycles. The first-order valence-electron chi connectivity index (χ1n) is 8.88. The number of alkyl carbamates (subject to hydrolysis) is 1. The summed E-state index contributed by atoms with van der Waals surface area (Å²) in [5.74, 6) is 0.203. The van der Waals surface area contributed by atoms with Gasteiger partial charge in [-0.15, -0.1) is 0 Å². The summed E-state index contributed by atoms with van der Waals surface area (Å²) in [4.78, 5) is 11.6. The van der Waals surface area contributed by atoms with Crippen molar-refractivity contribution >= 4 is 6.09 Å². The van der Waals surface area contributed by atoms with Gasteiger partial charge in [-0.3, -0.25) is 0 Å². The first-order chi connectivity index (χ1) is 12.7. The number of benzene rings is 2. The van der Waals surface area contributed by atoms with Gasteiger partial charge < -0.3 is 25.4 Å². The van der Waals surface area contributed by atoms with Gasteiger partial charge in [0.15, 0.2) is 0 Å². The van der Waals surface area contributed by atoms with Crippen LogP contribution in [0.4, 0.5) is 4.79 Å². The molecule has 0 aliphatic carbocycles. The van der Waals surface area contributed by atoms with Gasteiger partial charge in [-0.25, -0.2) is 4.79 Å². The normalized spacial score (nSPS) is 13.7. The number of carbonyl (C=O) groups is 1. The summed E-state index contributed by atoms with van der Waals surface area (Å²) in [5, 5.41) is 32.4. The van der Waals surface area contributed by atoms with E-state index in [1.54, 1.807) is 57.2 Å². The summed E-state index contributed by atoms with van der Waals surface area (Å²) < 4.78 is 5.12. The van der Waals surface area contributed by atoms with Crippen LogP contribution in [0.1, 0.15) is 38.9 Å². The largest absolute Gasteiger partial charge is 0.508 e. The molecule has 0 heterocycles. The zero-order valence-electron chi connectivity index (χ0n) is 15.8. The minimum atomic E-state index is -1.06. The molecule has 0 aliphatic rings. The number of amides is 1. The van der Waals surface area contributed by atoms with Crippen LogP contribution in [0.2, 0.25) is 0 Å². The second-order valence-corrected chi connectivity index (χ2v) is 7.40. The maximum Gasteiger partial charge on any atom is 0.407 e. The van der Waals surface area contributed by atoms with E-state index in [1.807, 2.05) is 12.1 Å². The SMILES string of the molecule is CC(C)(C)OC(=O)NCCC(O)C(O)c1ccc(-c2ccc(O)cc2)cc1. The molecule has 0 aliphatic heterocycles. The first-order valence-corrected chi connectivity index (χ1v) is 8.88. The van der Waals surface area contributed by atoms with Crippen molar-refractivity contribution in [3.8, 4) is 16.9 Å². The maximum atomic E-state index is 11.6. The predicted octanol–water partition coefficient (Wildman–Crippen LogP) is 3.37. The molecule has 146 valence electrons. The number of hydrogen-bond donors (Lipinski definition) is 4. The zero-order valence-corrected chi connectivity index (χ0v) is 15.8. The minimum absolute atomic E-state index is 0.193. The molecule has 2 rings (SSSR count). The Morgan fingerprint density at radius 2 is 1.52 bits per heavy atom. The van der Waals surface area contributed by atoms with Crippen molar-refractivity contribution in [3.63, 3.8) is 0 Å². The van der Waals surface area contributed by atoms with Crippen LogP contribution in [0.25, 0.3) is 11.1 Å². The summed E-state index contributed by atoms with van der Waals surface area (Å²) >= 11 is 0. The molecule has 2 aromatic rings. The Morgan fingerprint density at radius 3 is 2.04 bits per heavy atom. The fourth-order valence-corrected chi connectivity index (χ4v) is 2.54. The van der Waals surface area contributed by atoms with Crippen molar-refractivity contribution in [1.82, 2.24) is 5.32 Å². The maximum absolute atomic E-state index is 11.6. The number of nitrogens with one attached hydrogen (secondary N) is 1. The van der Waals surface area contributed by atoms with Gasteiger partial charge in [0.1, 0.15) is 17.5 Å². The molecule has 2 unspecified atom stereocenters. The van der Waals surface area contributed by atoms with Gasteiger partial charge in [0.05, 0.1) is 6.10 Å². The third-order valence-corrected chi connectivity index (χ3v) is 3.93. The second kappa shape index (κ2) is 8.88. The van der Waals surface area contributed by atoms with E-state index in [2.05, 4.69) is 5.32 Å². The van der Waals surface area contributed by atoms with Crippen molar-refractivity contribution in [2.75, 3.05) is 6.54 Å². The number of hydrogen-bond acceptors (Lipinski definition) is 5. The van der Waals surface area contributed by atoms with E-state index >= 15 is 0 Å². The van der Waals surface area contributed by atoms with Crippen molar-refractivity contribution in [1.29, 1.82) is 0 Å². The number of aliphatic hydroxyl groups excluding tert-OH is 2. The third-order valence-electron chi connectivity index (χ3n) is 3.93. The third kappa shape index (κ3) is 6.58. The monoisotopic (exact) mass is 373 g/mol. The Labute approximate surface area is 159 Å². The summed E-state index contributed by atoms with van der Waals surface area (Å²) in [5.41, 5.74) is 1.88. The van der Waals surface area contributed by atoms with Crippen LogP contribution in [0.5, 0.6) is 5.75 Å². The number of aromatic hydroxyl groups is 1. The highest BCUT2D eigenvalue weighted by Gasteiger charge is 2.20. The van der Waals surface area contributed by atoms with Crippen molar-refractivity contribution in [3.05, 3.63) is 54.1 Å². The topological polar surface area (TPSA) is 99.0 Å². The molecular formula is C21H27NO5. The molecule has 0 bridgehead atoms. The molecule has 6 nitrogen and oxygen atoms in total. The van der Waals surface area contributed by atoms with Gasteiger partial charge >= 0.3 is 6.09 Å². The van der Waals surface area contributed by atoms with Crippen LogP contribution in [0.15, 0.2) is 48.5 Å². The molecule has 0 radical (unpaired) electrons. The predicted molar refractivity (Wildman–Crippen MR) is 103 cm³/mol. The fourth-order valence-electron chi connectivity index (χ4n) is 2.54. The van der Waals surface area contributed by atoms with Crippen LogP contribution < -0.4 is 5.32 Å². The lowest BCUT2D eigenvalue weighted by molar-refractivity contribution is 0.0123. The van der Waals surface area contributed by atoms with E-state index < -0.39 is 23.9 Å². The van der Waals surface area contributed by atoms with Crippen LogP contribution in [0, 0.1) is 0 Å². The van der Waals surface area contributed by atoms with E-state index in [-0.39, 0.29) is 18.7 Å².